The molecule has 0 aromatic heterocycles. The number of benzene rings is 1. The van der Waals surface area contributed by atoms with Crippen molar-refractivity contribution in [3.63, 3.8) is 0 Å². The molecule has 1 N–H and O–H groups in total. The normalized spacial score (nSPS) is 34.6. The Hall–Kier alpha value is -0.910. The van der Waals surface area contributed by atoms with Crippen LogP contribution in [0, 0.1) is 0 Å². The number of hydrogen-bond donors (Lipinski definition) is 1. The molecule has 4 nitrogen and oxygen atoms in total. The molecule has 3 atom stereocenters. The van der Waals surface area contributed by atoms with E-state index in [4.69, 9.17) is 0 Å². The standard InChI is InChI=1S/C16H22N2O2S/c19-21(20)11-8-13(12-4-1-2-6-16(12)21)17-14-7-10-18-9-3-5-15(14)18/h1-2,4,6,13-15,17H,3,5,7-11H2. The van der Waals surface area contributed by atoms with Crippen molar-refractivity contribution in [3.05, 3.63) is 29.8 Å². The maximum absolute atomic E-state index is 12.2. The highest BCUT2D eigenvalue weighted by Crippen LogP contribution is 2.35. The van der Waals surface area contributed by atoms with Gasteiger partial charge in [0.05, 0.1) is 10.6 Å². The largest absolute Gasteiger partial charge is 0.305 e. The van der Waals surface area contributed by atoms with Crippen LogP contribution in [0.3, 0.4) is 0 Å². The first-order valence-corrected chi connectivity index (χ1v) is 9.62. The van der Waals surface area contributed by atoms with Crippen molar-refractivity contribution in [2.24, 2.45) is 0 Å². The molecule has 114 valence electrons. The molecule has 0 saturated carbocycles. The van der Waals surface area contributed by atoms with Gasteiger partial charge in [-0.3, -0.25) is 4.90 Å². The van der Waals surface area contributed by atoms with Crippen LogP contribution in [0.5, 0.6) is 0 Å². The summed E-state index contributed by atoms with van der Waals surface area (Å²) >= 11 is 0. The van der Waals surface area contributed by atoms with Gasteiger partial charge in [-0.1, -0.05) is 18.2 Å². The van der Waals surface area contributed by atoms with Gasteiger partial charge in [-0.25, -0.2) is 8.42 Å². The quantitative estimate of drug-likeness (QED) is 0.904. The highest BCUT2D eigenvalue weighted by molar-refractivity contribution is 7.91. The molecule has 0 aliphatic carbocycles. The van der Waals surface area contributed by atoms with E-state index in [0.29, 0.717) is 23.4 Å². The number of hydrogen-bond acceptors (Lipinski definition) is 4. The summed E-state index contributed by atoms with van der Waals surface area (Å²) in [5, 5.41) is 3.78. The smallest absolute Gasteiger partial charge is 0.178 e. The molecule has 5 heteroatoms. The lowest BCUT2D eigenvalue weighted by Gasteiger charge is -2.31. The molecular weight excluding hydrogens is 284 g/mol. The van der Waals surface area contributed by atoms with Gasteiger partial charge in [0.15, 0.2) is 9.84 Å². The van der Waals surface area contributed by atoms with Crippen LogP contribution in [0.25, 0.3) is 0 Å². The predicted molar refractivity (Wildman–Crippen MR) is 82.0 cm³/mol. The SMILES string of the molecule is O=S1(=O)CCC(NC2CCN3CCCC23)c2ccccc21. The molecule has 0 radical (unpaired) electrons. The van der Waals surface area contributed by atoms with E-state index in [1.54, 1.807) is 6.07 Å². The summed E-state index contributed by atoms with van der Waals surface area (Å²) in [5.74, 6) is 0.267. The zero-order valence-electron chi connectivity index (χ0n) is 12.2. The lowest BCUT2D eigenvalue weighted by atomic mass is 9.99. The fourth-order valence-electron chi connectivity index (χ4n) is 4.30. The Bertz CT molecular complexity index is 643. The Morgan fingerprint density at radius 3 is 2.86 bits per heavy atom. The van der Waals surface area contributed by atoms with Gasteiger partial charge in [0.2, 0.25) is 0 Å². The summed E-state index contributed by atoms with van der Waals surface area (Å²) in [6.07, 6.45) is 4.47. The fourth-order valence-corrected chi connectivity index (χ4v) is 5.92. The monoisotopic (exact) mass is 306 g/mol. The van der Waals surface area contributed by atoms with E-state index in [1.165, 1.54) is 32.4 Å². The molecular formula is C16H22N2O2S. The molecule has 0 amide bonds. The number of fused-ring (bicyclic) bond motifs is 2. The second-order valence-electron chi connectivity index (χ2n) is 6.51. The molecule has 4 rings (SSSR count). The molecule has 1 aromatic rings. The van der Waals surface area contributed by atoms with Gasteiger partial charge in [0, 0.05) is 24.7 Å². The summed E-state index contributed by atoms with van der Waals surface area (Å²) in [6, 6.07) is 8.88. The maximum atomic E-state index is 12.2. The van der Waals surface area contributed by atoms with Crippen LogP contribution >= 0.6 is 0 Å². The molecule has 1 aromatic carbocycles. The molecule has 3 heterocycles. The summed E-state index contributed by atoms with van der Waals surface area (Å²) in [5.41, 5.74) is 0.972. The van der Waals surface area contributed by atoms with Crippen molar-refractivity contribution >= 4 is 9.84 Å². The maximum Gasteiger partial charge on any atom is 0.178 e. The lowest BCUT2D eigenvalue weighted by Crippen LogP contribution is -2.42. The van der Waals surface area contributed by atoms with Crippen molar-refractivity contribution in [2.75, 3.05) is 18.8 Å². The average Bonchev–Trinajstić information content (AvgIpc) is 3.07. The van der Waals surface area contributed by atoms with Crippen molar-refractivity contribution < 1.29 is 8.42 Å². The number of sulfone groups is 1. The summed E-state index contributed by atoms with van der Waals surface area (Å²) in [7, 11) is -3.08. The first kappa shape index (κ1) is 13.7. The highest BCUT2D eigenvalue weighted by Gasteiger charge is 2.39. The number of nitrogens with zero attached hydrogens (tertiary/aromatic N) is 1. The second kappa shape index (κ2) is 5.07. The molecule has 21 heavy (non-hydrogen) atoms. The minimum atomic E-state index is -3.08. The van der Waals surface area contributed by atoms with Crippen LogP contribution in [0.1, 0.15) is 37.3 Å². The van der Waals surface area contributed by atoms with E-state index in [-0.39, 0.29) is 11.8 Å². The zero-order chi connectivity index (χ0) is 14.4. The minimum Gasteiger partial charge on any atom is -0.305 e. The average molecular weight is 306 g/mol. The summed E-state index contributed by atoms with van der Waals surface area (Å²) < 4.78 is 24.4. The van der Waals surface area contributed by atoms with Crippen LogP contribution in [0.15, 0.2) is 29.2 Å². The summed E-state index contributed by atoms with van der Waals surface area (Å²) in [4.78, 5) is 3.12. The van der Waals surface area contributed by atoms with Gasteiger partial charge in [0.25, 0.3) is 0 Å². The van der Waals surface area contributed by atoms with E-state index in [1.807, 2.05) is 18.2 Å². The van der Waals surface area contributed by atoms with Gasteiger partial charge in [-0.2, -0.15) is 0 Å². The minimum absolute atomic E-state index is 0.190. The van der Waals surface area contributed by atoms with Gasteiger partial charge in [-0.15, -0.1) is 0 Å². The Kier molecular flexibility index (Phi) is 3.32. The first-order valence-electron chi connectivity index (χ1n) is 7.97. The van der Waals surface area contributed by atoms with E-state index in [2.05, 4.69) is 10.2 Å². The summed E-state index contributed by atoms with van der Waals surface area (Å²) in [6.45, 7) is 2.42. The third kappa shape index (κ3) is 2.31. The van der Waals surface area contributed by atoms with Crippen LogP contribution in [-0.2, 0) is 9.84 Å². The van der Waals surface area contributed by atoms with Gasteiger partial charge < -0.3 is 5.32 Å². The topological polar surface area (TPSA) is 49.4 Å². The van der Waals surface area contributed by atoms with Crippen molar-refractivity contribution in [1.82, 2.24) is 10.2 Å². The second-order valence-corrected chi connectivity index (χ2v) is 8.58. The molecule has 3 aliphatic heterocycles. The van der Waals surface area contributed by atoms with Gasteiger partial charge in [-0.05, 0) is 43.9 Å². The molecule has 0 spiro atoms. The van der Waals surface area contributed by atoms with Crippen LogP contribution in [0.2, 0.25) is 0 Å². The lowest BCUT2D eigenvalue weighted by molar-refractivity contribution is 0.286. The van der Waals surface area contributed by atoms with Crippen LogP contribution in [-0.4, -0.2) is 44.2 Å². The van der Waals surface area contributed by atoms with E-state index in [0.717, 1.165) is 5.56 Å². The third-order valence-electron chi connectivity index (χ3n) is 5.33. The molecule has 2 fully saturated rings. The third-order valence-corrected chi connectivity index (χ3v) is 7.14. The van der Waals surface area contributed by atoms with Crippen LogP contribution in [0.4, 0.5) is 0 Å². The molecule has 3 aliphatic rings. The Labute approximate surface area is 126 Å². The Morgan fingerprint density at radius 1 is 1.10 bits per heavy atom. The Balaban J connectivity index is 1.59. The highest BCUT2D eigenvalue weighted by atomic mass is 32.2. The van der Waals surface area contributed by atoms with Crippen molar-refractivity contribution in [1.29, 1.82) is 0 Å². The zero-order valence-corrected chi connectivity index (χ0v) is 13.0. The predicted octanol–water partition coefficient (Wildman–Crippen LogP) is 1.73. The Morgan fingerprint density at radius 2 is 1.95 bits per heavy atom. The van der Waals surface area contributed by atoms with Crippen molar-refractivity contribution in [2.45, 2.75) is 48.7 Å². The number of rotatable bonds is 2. The van der Waals surface area contributed by atoms with Gasteiger partial charge >= 0.3 is 0 Å². The van der Waals surface area contributed by atoms with Crippen molar-refractivity contribution in [3.8, 4) is 0 Å². The van der Waals surface area contributed by atoms with E-state index in [9.17, 15) is 8.42 Å². The number of nitrogens with one attached hydrogen (secondary N) is 1. The first-order chi connectivity index (χ1) is 10.1. The van der Waals surface area contributed by atoms with Gasteiger partial charge in [0.1, 0.15) is 0 Å². The van der Waals surface area contributed by atoms with E-state index >= 15 is 0 Å². The molecule has 0 bridgehead atoms. The molecule has 2 saturated heterocycles. The van der Waals surface area contributed by atoms with Crippen LogP contribution < -0.4 is 5.32 Å². The molecule has 3 unspecified atom stereocenters. The van der Waals surface area contributed by atoms with E-state index < -0.39 is 9.84 Å². The fraction of sp³-hybridized carbons (Fsp3) is 0.625.